The van der Waals surface area contributed by atoms with Crippen LogP contribution in [0.2, 0.25) is 0 Å². The molecule has 0 aliphatic carbocycles. The minimum atomic E-state index is -0.275. The van der Waals surface area contributed by atoms with Crippen molar-refractivity contribution in [3.8, 4) is 11.1 Å². The van der Waals surface area contributed by atoms with Crippen LogP contribution >= 0.6 is 0 Å². The molecule has 0 aliphatic rings. The van der Waals surface area contributed by atoms with Crippen LogP contribution in [0.25, 0.3) is 11.1 Å². The lowest BCUT2D eigenvalue weighted by Gasteiger charge is -2.11. The number of benzene rings is 2. The summed E-state index contributed by atoms with van der Waals surface area (Å²) in [4.78, 5) is 23.5. The minimum Gasteiger partial charge on any atom is -0.469 e. The van der Waals surface area contributed by atoms with Crippen LogP contribution in [0.5, 0.6) is 0 Å². The monoisotopic (exact) mass is 296 g/mol. The molecule has 0 bridgehead atoms. The van der Waals surface area contributed by atoms with Gasteiger partial charge in [0.15, 0.2) is 5.78 Å². The SMILES string of the molecule is COC(=O)CCCC(=O)c1cccc(-c2ccccc2)c1C. The average Bonchev–Trinajstić information content (AvgIpc) is 2.55. The number of carbonyl (C=O) groups excluding carboxylic acids is 2. The van der Waals surface area contributed by atoms with Gasteiger partial charge in [0.05, 0.1) is 7.11 Å². The summed E-state index contributed by atoms with van der Waals surface area (Å²) < 4.78 is 4.59. The summed E-state index contributed by atoms with van der Waals surface area (Å²) in [5.41, 5.74) is 3.88. The number of esters is 1. The minimum absolute atomic E-state index is 0.0687. The van der Waals surface area contributed by atoms with Crippen molar-refractivity contribution in [1.29, 1.82) is 0 Å². The molecule has 3 nitrogen and oxygen atoms in total. The van der Waals surface area contributed by atoms with Crippen molar-refractivity contribution in [3.63, 3.8) is 0 Å². The van der Waals surface area contributed by atoms with Gasteiger partial charge in [0, 0.05) is 18.4 Å². The van der Waals surface area contributed by atoms with Gasteiger partial charge in [-0.1, -0.05) is 48.5 Å². The number of carbonyl (C=O) groups is 2. The van der Waals surface area contributed by atoms with Crippen LogP contribution in [0.15, 0.2) is 48.5 Å². The standard InChI is InChI=1S/C19H20O3/c1-14-16(15-8-4-3-5-9-15)10-6-11-17(14)18(20)12-7-13-19(21)22-2/h3-6,8-11H,7,12-13H2,1-2H3. The van der Waals surface area contributed by atoms with Crippen molar-refractivity contribution in [2.75, 3.05) is 7.11 Å². The molecule has 114 valence electrons. The molecule has 2 aromatic carbocycles. The highest BCUT2D eigenvalue weighted by Gasteiger charge is 2.13. The number of methoxy groups -OCH3 is 1. The summed E-state index contributed by atoms with van der Waals surface area (Å²) in [7, 11) is 1.36. The van der Waals surface area contributed by atoms with E-state index in [2.05, 4.69) is 4.74 Å². The van der Waals surface area contributed by atoms with Gasteiger partial charge in [0.2, 0.25) is 0 Å². The third-order valence-electron chi connectivity index (χ3n) is 3.73. The highest BCUT2D eigenvalue weighted by Crippen LogP contribution is 2.26. The van der Waals surface area contributed by atoms with Gasteiger partial charge in [-0.05, 0) is 30.0 Å². The summed E-state index contributed by atoms with van der Waals surface area (Å²) in [6, 6.07) is 15.8. The van der Waals surface area contributed by atoms with Crippen molar-refractivity contribution in [2.24, 2.45) is 0 Å². The van der Waals surface area contributed by atoms with E-state index in [1.807, 2.05) is 55.5 Å². The molecule has 0 saturated heterocycles. The van der Waals surface area contributed by atoms with Crippen LogP contribution in [0.4, 0.5) is 0 Å². The Kier molecular flexibility index (Phi) is 5.48. The molecular formula is C19H20O3. The molecule has 0 amide bonds. The van der Waals surface area contributed by atoms with Gasteiger partial charge in [-0.3, -0.25) is 9.59 Å². The Bertz CT molecular complexity index is 660. The largest absolute Gasteiger partial charge is 0.469 e. The molecule has 0 aliphatic heterocycles. The van der Waals surface area contributed by atoms with Gasteiger partial charge in [0.1, 0.15) is 0 Å². The number of hydrogen-bond acceptors (Lipinski definition) is 3. The molecule has 0 heterocycles. The number of ether oxygens (including phenoxy) is 1. The molecule has 3 heteroatoms. The zero-order valence-corrected chi connectivity index (χ0v) is 13.0. The zero-order valence-electron chi connectivity index (χ0n) is 13.0. The van der Waals surface area contributed by atoms with E-state index in [9.17, 15) is 9.59 Å². The van der Waals surface area contributed by atoms with Gasteiger partial charge >= 0.3 is 5.97 Å². The predicted molar refractivity (Wildman–Crippen MR) is 86.8 cm³/mol. The van der Waals surface area contributed by atoms with Gasteiger partial charge < -0.3 is 4.74 Å². The molecule has 22 heavy (non-hydrogen) atoms. The third-order valence-corrected chi connectivity index (χ3v) is 3.73. The number of ketones is 1. The molecular weight excluding hydrogens is 276 g/mol. The second kappa shape index (κ2) is 7.55. The molecule has 2 aromatic rings. The first-order valence-electron chi connectivity index (χ1n) is 7.38. The van der Waals surface area contributed by atoms with Gasteiger partial charge in [-0.25, -0.2) is 0 Å². The van der Waals surface area contributed by atoms with E-state index in [-0.39, 0.29) is 18.2 Å². The summed E-state index contributed by atoms with van der Waals surface area (Å²) in [6.45, 7) is 1.97. The molecule has 0 fully saturated rings. The second-order valence-corrected chi connectivity index (χ2v) is 5.20. The summed E-state index contributed by atoms with van der Waals surface area (Å²) in [5.74, 6) is -0.207. The quantitative estimate of drug-likeness (QED) is 0.593. The summed E-state index contributed by atoms with van der Waals surface area (Å²) in [6.07, 6.45) is 1.15. The molecule has 2 rings (SSSR count). The lowest BCUT2D eigenvalue weighted by molar-refractivity contribution is -0.140. The highest BCUT2D eigenvalue weighted by atomic mass is 16.5. The Morgan fingerprint density at radius 3 is 2.36 bits per heavy atom. The molecule has 0 radical (unpaired) electrons. The summed E-state index contributed by atoms with van der Waals surface area (Å²) >= 11 is 0. The zero-order chi connectivity index (χ0) is 15.9. The molecule has 0 unspecified atom stereocenters. The van der Waals surface area contributed by atoms with Crippen LogP contribution in [-0.2, 0) is 9.53 Å². The molecule has 0 spiro atoms. The van der Waals surface area contributed by atoms with Crippen LogP contribution in [-0.4, -0.2) is 18.9 Å². The normalized spacial score (nSPS) is 10.3. The maximum absolute atomic E-state index is 12.4. The molecule has 0 N–H and O–H groups in total. The van der Waals surface area contributed by atoms with Crippen molar-refractivity contribution in [3.05, 3.63) is 59.7 Å². The first-order valence-corrected chi connectivity index (χ1v) is 7.38. The van der Waals surface area contributed by atoms with Crippen LogP contribution in [0.1, 0.15) is 35.2 Å². The van der Waals surface area contributed by atoms with E-state index < -0.39 is 0 Å². The fraction of sp³-hybridized carbons (Fsp3) is 0.263. The average molecular weight is 296 g/mol. The van der Waals surface area contributed by atoms with Crippen molar-refractivity contribution in [2.45, 2.75) is 26.2 Å². The highest BCUT2D eigenvalue weighted by molar-refractivity contribution is 5.99. The Labute approximate surface area is 130 Å². The van der Waals surface area contributed by atoms with E-state index in [4.69, 9.17) is 0 Å². The van der Waals surface area contributed by atoms with E-state index in [1.54, 1.807) is 0 Å². The third kappa shape index (κ3) is 3.82. The summed E-state index contributed by atoms with van der Waals surface area (Å²) in [5, 5.41) is 0. The van der Waals surface area contributed by atoms with Crippen LogP contribution in [0.3, 0.4) is 0 Å². The van der Waals surface area contributed by atoms with E-state index in [0.29, 0.717) is 12.8 Å². The lowest BCUT2D eigenvalue weighted by atomic mass is 9.93. The Morgan fingerprint density at radius 2 is 1.68 bits per heavy atom. The van der Waals surface area contributed by atoms with E-state index in [1.165, 1.54) is 7.11 Å². The smallest absolute Gasteiger partial charge is 0.305 e. The van der Waals surface area contributed by atoms with Crippen molar-refractivity contribution in [1.82, 2.24) is 0 Å². The van der Waals surface area contributed by atoms with Crippen molar-refractivity contribution >= 4 is 11.8 Å². The molecule has 0 atom stereocenters. The number of Topliss-reactive ketones (excluding diaryl/α,β-unsaturated/α-hetero) is 1. The van der Waals surface area contributed by atoms with Crippen molar-refractivity contribution < 1.29 is 14.3 Å². The lowest BCUT2D eigenvalue weighted by Crippen LogP contribution is -2.05. The fourth-order valence-electron chi connectivity index (χ4n) is 2.50. The first kappa shape index (κ1) is 16.0. The van der Waals surface area contributed by atoms with Gasteiger partial charge in [0.25, 0.3) is 0 Å². The van der Waals surface area contributed by atoms with E-state index in [0.717, 1.165) is 22.3 Å². The maximum atomic E-state index is 12.4. The topological polar surface area (TPSA) is 43.4 Å². The molecule has 0 saturated carbocycles. The second-order valence-electron chi connectivity index (χ2n) is 5.20. The van der Waals surface area contributed by atoms with Gasteiger partial charge in [-0.15, -0.1) is 0 Å². The fourth-order valence-corrected chi connectivity index (χ4v) is 2.50. The Morgan fingerprint density at radius 1 is 0.955 bits per heavy atom. The number of rotatable bonds is 6. The van der Waals surface area contributed by atoms with E-state index >= 15 is 0 Å². The maximum Gasteiger partial charge on any atom is 0.305 e. The first-order chi connectivity index (χ1) is 10.6. The van der Waals surface area contributed by atoms with Crippen LogP contribution < -0.4 is 0 Å². The Hall–Kier alpha value is -2.42. The van der Waals surface area contributed by atoms with Crippen LogP contribution in [0, 0.1) is 6.92 Å². The predicted octanol–water partition coefficient (Wildman–Crippen LogP) is 4.19. The number of hydrogen-bond donors (Lipinski definition) is 0. The molecule has 0 aromatic heterocycles. The Balaban J connectivity index is 2.15. The van der Waals surface area contributed by atoms with Gasteiger partial charge in [-0.2, -0.15) is 0 Å².